The minimum absolute atomic E-state index is 0.336. The van der Waals surface area contributed by atoms with Crippen molar-refractivity contribution in [2.45, 2.75) is 6.54 Å². The monoisotopic (exact) mass is 334 g/mol. The first-order valence-corrected chi connectivity index (χ1v) is 7.60. The average molecular weight is 334 g/mol. The Hall–Kier alpha value is -3.55. The van der Waals surface area contributed by atoms with Gasteiger partial charge in [0.1, 0.15) is 24.3 Å². The molecule has 124 valence electrons. The maximum Gasteiger partial charge on any atom is 0.248 e. The van der Waals surface area contributed by atoms with E-state index >= 15 is 0 Å². The van der Waals surface area contributed by atoms with Crippen LogP contribution in [0.4, 0.5) is 0 Å². The summed E-state index contributed by atoms with van der Waals surface area (Å²) in [4.78, 5) is 12.9. The SMILES string of the molecule is COc1ccc(-c2noc(Cn3cnc(-c4ccccn4)n3)n2)cc1. The van der Waals surface area contributed by atoms with Gasteiger partial charge in [0.25, 0.3) is 0 Å². The first kappa shape index (κ1) is 15.0. The second kappa shape index (κ2) is 6.52. The van der Waals surface area contributed by atoms with E-state index in [4.69, 9.17) is 9.26 Å². The van der Waals surface area contributed by atoms with Crippen molar-refractivity contribution in [3.8, 4) is 28.7 Å². The third-order valence-corrected chi connectivity index (χ3v) is 3.54. The molecule has 0 N–H and O–H groups in total. The molecule has 25 heavy (non-hydrogen) atoms. The normalized spacial score (nSPS) is 10.8. The molecule has 0 aliphatic heterocycles. The molecule has 0 bridgehead atoms. The summed E-state index contributed by atoms with van der Waals surface area (Å²) in [7, 11) is 1.62. The number of pyridine rings is 1. The summed E-state index contributed by atoms with van der Waals surface area (Å²) in [6.07, 6.45) is 3.32. The summed E-state index contributed by atoms with van der Waals surface area (Å²) in [5.74, 6) is 2.29. The lowest BCUT2D eigenvalue weighted by atomic mass is 10.2. The molecular formula is C17H14N6O2. The highest BCUT2D eigenvalue weighted by molar-refractivity contribution is 5.55. The Labute approximate surface area is 143 Å². The van der Waals surface area contributed by atoms with Gasteiger partial charge in [0, 0.05) is 11.8 Å². The third-order valence-electron chi connectivity index (χ3n) is 3.54. The number of hydrogen-bond donors (Lipinski definition) is 0. The minimum Gasteiger partial charge on any atom is -0.497 e. The summed E-state index contributed by atoms with van der Waals surface area (Å²) < 4.78 is 12.1. The molecule has 8 nitrogen and oxygen atoms in total. The van der Waals surface area contributed by atoms with E-state index < -0.39 is 0 Å². The Morgan fingerprint density at radius 1 is 1.04 bits per heavy atom. The number of methoxy groups -OCH3 is 1. The van der Waals surface area contributed by atoms with Gasteiger partial charge >= 0.3 is 0 Å². The van der Waals surface area contributed by atoms with E-state index in [9.17, 15) is 0 Å². The molecule has 0 aliphatic carbocycles. The highest BCUT2D eigenvalue weighted by Gasteiger charge is 2.11. The maximum absolute atomic E-state index is 5.30. The smallest absolute Gasteiger partial charge is 0.248 e. The molecule has 0 amide bonds. The lowest BCUT2D eigenvalue weighted by Crippen LogP contribution is -2.01. The van der Waals surface area contributed by atoms with Gasteiger partial charge in [-0.2, -0.15) is 4.98 Å². The fraction of sp³-hybridized carbons (Fsp3) is 0.118. The van der Waals surface area contributed by atoms with Crippen LogP contribution in [-0.2, 0) is 6.54 Å². The Bertz CT molecular complexity index is 962. The largest absolute Gasteiger partial charge is 0.497 e. The van der Waals surface area contributed by atoms with E-state index in [2.05, 4.69) is 25.2 Å². The van der Waals surface area contributed by atoms with Crippen LogP contribution in [0.2, 0.25) is 0 Å². The Morgan fingerprint density at radius 2 is 1.92 bits per heavy atom. The van der Waals surface area contributed by atoms with Gasteiger partial charge in [-0.05, 0) is 36.4 Å². The van der Waals surface area contributed by atoms with Crippen LogP contribution in [0, 0.1) is 0 Å². The Kier molecular flexibility index (Phi) is 3.91. The zero-order valence-corrected chi connectivity index (χ0v) is 13.4. The van der Waals surface area contributed by atoms with Crippen molar-refractivity contribution in [3.63, 3.8) is 0 Å². The molecule has 0 atom stereocenters. The summed E-state index contributed by atoms with van der Waals surface area (Å²) >= 11 is 0. The molecular weight excluding hydrogens is 320 g/mol. The number of nitrogens with zero attached hydrogens (tertiary/aromatic N) is 6. The van der Waals surface area contributed by atoms with Gasteiger partial charge < -0.3 is 9.26 Å². The number of rotatable bonds is 5. The quantitative estimate of drug-likeness (QED) is 0.553. The van der Waals surface area contributed by atoms with Crippen LogP contribution >= 0.6 is 0 Å². The van der Waals surface area contributed by atoms with Gasteiger partial charge in [-0.25, -0.2) is 9.67 Å². The molecule has 3 heterocycles. The molecule has 3 aromatic heterocycles. The second-order valence-corrected chi connectivity index (χ2v) is 5.22. The highest BCUT2D eigenvalue weighted by atomic mass is 16.5. The lowest BCUT2D eigenvalue weighted by Gasteiger charge is -1.99. The van der Waals surface area contributed by atoms with Crippen molar-refractivity contribution in [1.82, 2.24) is 29.9 Å². The van der Waals surface area contributed by atoms with Crippen LogP contribution in [0.5, 0.6) is 5.75 Å². The van der Waals surface area contributed by atoms with Gasteiger partial charge in [0.2, 0.25) is 11.7 Å². The molecule has 0 radical (unpaired) electrons. The molecule has 1 aromatic carbocycles. The zero-order chi connectivity index (χ0) is 17.1. The zero-order valence-electron chi connectivity index (χ0n) is 13.4. The van der Waals surface area contributed by atoms with Crippen molar-refractivity contribution in [1.29, 1.82) is 0 Å². The van der Waals surface area contributed by atoms with E-state index in [-0.39, 0.29) is 0 Å². The van der Waals surface area contributed by atoms with Gasteiger partial charge in [0.15, 0.2) is 5.82 Å². The predicted octanol–water partition coefficient (Wildman–Crippen LogP) is 2.45. The third kappa shape index (κ3) is 3.23. The van der Waals surface area contributed by atoms with Crippen LogP contribution in [0.15, 0.2) is 59.5 Å². The Morgan fingerprint density at radius 3 is 2.68 bits per heavy atom. The molecule has 0 unspecified atom stereocenters. The van der Waals surface area contributed by atoms with Crippen LogP contribution in [0.3, 0.4) is 0 Å². The van der Waals surface area contributed by atoms with E-state index in [1.807, 2.05) is 42.5 Å². The lowest BCUT2D eigenvalue weighted by molar-refractivity contribution is 0.366. The summed E-state index contributed by atoms with van der Waals surface area (Å²) in [5.41, 5.74) is 1.56. The molecule has 0 spiro atoms. The number of aromatic nitrogens is 6. The van der Waals surface area contributed by atoms with Crippen molar-refractivity contribution in [2.24, 2.45) is 0 Å². The van der Waals surface area contributed by atoms with E-state index in [1.54, 1.807) is 24.3 Å². The highest BCUT2D eigenvalue weighted by Crippen LogP contribution is 2.20. The fourth-order valence-electron chi connectivity index (χ4n) is 2.30. The van der Waals surface area contributed by atoms with Crippen molar-refractivity contribution < 1.29 is 9.26 Å². The van der Waals surface area contributed by atoms with Gasteiger partial charge in [-0.15, -0.1) is 5.10 Å². The number of hydrogen-bond acceptors (Lipinski definition) is 7. The van der Waals surface area contributed by atoms with Crippen LogP contribution in [0.25, 0.3) is 22.9 Å². The summed E-state index contributed by atoms with van der Waals surface area (Å²) in [5, 5.41) is 8.38. The number of ether oxygens (including phenoxy) is 1. The molecule has 0 saturated heterocycles. The molecule has 4 aromatic rings. The van der Waals surface area contributed by atoms with E-state index in [1.165, 1.54) is 0 Å². The Balaban J connectivity index is 1.50. The second-order valence-electron chi connectivity index (χ2n) is 5.22. The summed E-state index contributed by atoms with van der Waals surface area (Å²) in [6.45, 7) is 0.336. The molecule has 0 aliphatic rings. The fourth-order valence-corrected chi connectivity index (χ4v) is 2.30. The van der Waals surface area contributed by atoms with Crippen molar-refractivity contribution >= 4 is 0 Å². The summed E-state index contributed by atoms with van der Waals surface area (Å²) in [6, 6.07) is 13.0. The van der Waals surface area contributed by atoms with Crippen molar-refractivity contribution in [3.05, 3.63) is 60.9 Å². The predicted molar refractivity (Wildman–Crippen MR) is 88.6 cm³/mol. The molecule has 8 heteroatoms. The van der Waals surface area contributed by atoms with E-state index in [0.717, 1.165) is 11.3 Å². The molecule has 4 rings (SSSR count). The van der Waals surface area contributed by atoms with Gasteiger partial charge in [0.05, 0.1) is 7.11 Å². The van der Waals surface area contributed by atoms with Crippen LogP contribution in [-0.4, -0.2) is 37.0 Å². The minimum atomic E-state index is 0.336. The van der Waals surface area contributed by atoms with Crippen LogP contribution < -0.4 is 4.74 Å². The van der Waals surface area contributed by atoms with E-state index in [0.29, 0.717) is 29.8 Å². The average Bonchev–Trinajstić information content (AvgIpc) is 3.33. The van der Waals surface area contributed by atoms with Gasteiger partial charge in [-0.1, -0.05) is 11.2 Å². The maximum atomic E-state index is 5.30. The van der Waals surface area contributed by atoms with Crippen LogP contribution in [0.1, 0.15) is 5.89 Å². The van der Waals surface area contributed by atoms with Gasteiger partial charge in [-0.3, -0.25) is 4.98 Å². The number of benzene rings is 1. The first-order valence-electron chi connectivity index (χ1n) is 7.60. The van der Waals surface area contributed by atoms with Crippen molar-refractivity contribution in [2.75, 3.05) is 7.11 Å². The standard InChI is InChI=1S/C17H14N6O2/c1-24-13-7-5-12(6-8-13)16-20-15(25-22-16)10-23-11-19-17(21-23)14-4-2-3-9-18-14/h2-9,11H,10H2,1H3. The first-order chi connectivity index (χ1) is 12.3. The molecule has 0 saturated carbocycles. The topological polar surface area (TPSA) is 91.8 Å². The molecule has 0 fully saturated rings.